The van der Waals surface area contributed by atoms with Crippen LogP contribution in [0.25, 0.3) is 44.2 Å². The second kappa shape index (κ2) is 13.0. The van der Waals surface area contributed by atoms with E-state index in [1.54, 1.807) is 0 Å². The summed E-state index contributed by atoms with van der Waals surface area (Å²) in [7, 11) is 0. The van der Waals surface area contributed by atoms with Crippen LogP contribution in [0.5, 0.6) is 0 Å². The van der Waals surface area contributed by atoms with Crippen molar-refractivity contribution >= 4 is 44.4 Å². The van der Waals surface area contributed by atoms with Crippen molar-refractivity contribution in [3.8, 4) is 33.4 Å². The smallest absolute Gasteiger partial charge is 0.0984 e. The zero-order valence-electron chi connectivity index (χ0n) is 31.6. The topological polar surface area (TPSA) is 24.7 Å². The maximum Gasteiger partial charge on any atom is 0.0984 e. The van der Waals surface area contributed by atoms with Crippen molar-refractivity contribution < 1.29 is 0 Å². The highest BCUT2D eigenvalue weighted by atomic mass is 32.2. The Balaban J connectivity index is 1.25. The predicted molar refractivity (Wildman–Crippen MR) is 238 cm³/mol. The number of nitrogens with zero attached hydrogens (tertiary/aromatic N) is 2. The van der Waals surface area contributed by atoms with Gasteiger partial charge in [-0.25, -0.2) is 0 Å². The lowest BCUT2D eigenvalue weighted by molar-refractivity contribution is 0.605. The summed E-state index contributed by atoms with van der Waals surface area (Å²) in [6, 6.07) is 59.1. The molecule has 0 N–H and O–H groups in total. The van der Waals surface area contributed by atoms with E-state index in [-0.39, 0.29) is 11.1 Å². The molecule has 7 aromatic rings. The van der Waals surface area contributed by atoms with Crippen LogP contribution in [0.2, 0.25) is 0 Å². The van der Waals surface area contributed by atoms with Crippen molar-refractivity contribution in [2.24, 2.45) is 9.98 Å². The molecule has 0 spiro atoms. The number of hydrogen-bond donors (Lipinski definition) is 0. The fraction of sp³-hybridized carbons (Fsp3) is 0.176. The summed E-state index contributed by atoms with van der Waals surface area (Å²) in [5.74, 6) is 2.01. The van der Waals surface area contributed by atoms with Crippen LogP contribution in [0.3, 0.4) is 0 Å². The lowest BCUT2D eigenvalue weighted by Gasteiger charge is -2.34. The normalized spacial score (nSPS) is 17.5. The molecule has 0 unspecified atom stereocenters. The van der Waals surface area contributed by atoms with E-state index in [0.29, 0.717) is 0 Å². The summed E-state index contributed by atoms with van der Waals surface area (Å²) in [6.07, 6.45) is 0. The largest absolute Gasteiger partial charge is 0.271 e. The standard InChI is InChI=1S/C51H42N2S2/c1-49(2)31-54-47(52-49)36-17-13-15-33(27-36)34-25-26-42-44(29-34)51(38-19-7-5-8-20-38,39-21-9-6-10-22-39)45-30-43(40-23-11-12-24-41(40)46(42)45)35-16-14-18-37(28-35)48-53-50(3,4)32-55-48/h5-30H,31-32H2,1-4H3. The zero-order valence-corrected chi connectivity index (χ0v) is 33.3. The molecule has 7 aromatic carbocycles. The molecule has 0 fully saturated rings. The first-order valence-electron chi connectivity index (χ1n) is 19.2. The van der Waals surface area contributed by atoms with Crippen LogP contribution in [0, 0.1) is 0 Å². The zero-order chi connectivity index (χ0) is 37.4. The summed E-state index contributed by atoms with van der Waals surface area (Å²) in [6.45, 7) is 8.89. The Morgan fingerprint density at radius 2 is 0.927 bits per heavy atom. The minimum absolute atomic E-state index is 0.0379. The van der Waals surface area contributed by atoms with Gasteiger partial charge in [0.1, 0.15) is 0 Å². The Labute approximate surface area is 332 Å². The summed E-state index contributed by atoms with van der Waals surface area (Å²) < 4.78 is 0. The molecular formula is C51H42N2S2. The van der Waals surface area contributed by atoms with E-state index < -0.39 is 5.41 Å². The molecular weight excluding hydrogens is 705 g/mol. The van der Waals surface area contributed by atoms with Crippen LogP contribution in [-0.2, 0) is 5.41 Å². The average molecular weight is 747 g/mol. The fourth-order valence-electron chi connectivity index (χ4n) is 8.88. The molecule has 4 heteroatoms. The maximum absolute atomic E-state index is 5.11. The van der Waals surface area contributed by atoms with E-state index in [2.05, 4.69) is 185 Å². The van der Waals surface area contributed by atoms with Gasteiger partial charge in [-0.15, -0.1) is 23.5 Å². The van der Waals surface area contributed by atoms with E-state index >= 15 is 0 Å². The van der Waals surface area contributed by atoms with Gasteiger partial charge in [0.15, 0.2) is 0 Å². The maximum atomic E-state index is 5.11. The predicted octanol–water partition coefficient (Wildman–Crippen LogP) is 13.1. The van der Waals surface area contributed by atoms with Gasteiger partial charge >= 0.3 is 0 Å². The molecule has 2 aliphatic heterocycles. The number of thioether (sulfide) groups is 2. The Hall–Kier alpha value is -5.16. The van der Waals surface area contributed by atoms with Gasteiger partial charge in [0, 0.05) is 22.6 Å². The van der Waals surface area contributed by atoms with Gasteiger partial charge in [-0.1, -0.05) is 133 Å². The highest BCUT2D eigenvalue weighted by molar-refractivity contribution is 8.15. The molecule has 0 saturated heterocycles. The first-order valence-corrected chi connectivity index (χ1v) is 21.2. The number of rotatable bonds is 6. The summed E-state index contributed by atoms with van der Waals surface area (Å²) in [5.41, 5.74) is 14.4. The van der Waals surface area contributed by atoms with Crippen molar-refractivity contribution in [3.63, 3.8) is 0 Å². The molecule has 0 aromatic heterocycles. The summed E-state index contributed by atoms with van der Waals surface area (Å²) >= 11 is 3.73. The van der Waals surface area contributed by atoms with Crippen molar-refractivity contribution in [2.75, 3.05) is 11.5 Å². The van der Waals surface area contributed by atoms with Crippen LogP contribution in [0.15, 0.2) is 168 Å². The highest BCUT2D eigenvalue weighted by Gasteiger charge is 2.47. The van der Waals surface area contributed by atoms with Gasteiger partial charge in [0.2, 0.25) is 0 Å². The number of fused-ring (bicyclic) bond motifs is 5. The number of aliphatic imine (C=N–C) groups is 2. The number of hydrogen-bond acceptors (Lipinski definition) is 4. The van der Waals surface area contributed by atoms with E-state index in [4.69, 9.17) is 9.98 Å². The molecule has 0 amide bonds. The van der Waals surface area contributed by atoms with Crippen LogP contribution in [0.4, 0.5) is 0 Å². The Morgan fingerprint density at radius 3 is 1.51 bits per heavy atom. The van der Waals surface area contributed by atoms with E-state index in [0.717, 1.165) is 21.6 Å². The van der Waals surface area contributed by atoms with Gasteiger partial charge in [0.25, 0.3) is 0 Å². The molecule has 2 nitrogen and oxygen atoms in total. The van der Waals surface area contributed by atoms with E-state index in [1.807, 2.05) is 23.5 Å². The third-order valence-electron chi connectivity index (χ3n) is 11.4. The molecule has 1 aliphatic carbocycles. The molecule has 55 heavy (non-hydrogen) atoms. The van der Waals surface area contributed by atoms with Crippen molar-refractivity contribution in [1.29, 1.82) is 0 Å². The lowest BCUT2D eigenvalue weighted by Crippen LogP contribution is -2.28. The Morgan fingerprint density at radius 1 is 0.418 bits per heavy atom. The first kappa shape index (κ1) is 34.3. The lowest BCUT2D eigenvalue weighted by atomic mass is 9.67. The number of benzene rings is 7. The summed E-state index contributed by atoms with van der Waals surface area (Å²) in [4.78, 5) is 10.2. The minimum atomic E-state index is -0.554. The van der Waals surface area contributed by atoms with Gasteiger partial charge in [0.05, 0.1) is 26.6 Å². The summed E-state index contributed by atoms with van der Waals surface area (Å²) in [5, 5.41) is 4.80. The second-order valence-electron chi connectivity index (χ2n) is 16.3. The first-order chi connectivity index (χ1) is 26.7. The van der Waals surface area contributed by atoms with E-state index in [1.165, 1.54) is 77.5 Å². The van der Waals surface area contributed by atoms with Gasteiger partial charge < -0.3 is 0 Å². The highest BCUT2D eigenvalue weighted by Crippen LogP contribution is 2.59. The molecule has 10 rings (SSSR count). The molecule has 0 radical (unpaired) electrons. The van der Waals surface area contributed by atoms with Gasteiger partial charge in [-0.05, 0) is 118 Å². The second-order valence-corrected chi connectivity index (χ2v) is 18.3. The Bertz CT molecular complexity index is 2670. The molecule has 0 saturated carbocycles. The van der Waals surface area contributed by atoms with Crippen molar-refractivity contribution in [2.45, 2.75) is 44.2 Å². The Kier molecular flexibility index (Phi) is 8.10. The van der Waals surface area contributed by atoms with Gasteiger partial charge in [-0.2, -0.15) is 0 Å². The third kappa shape index (κ3) is 5.72. The minimum Gasteiger partial charge on any atom is -0.271 e. The van der Waals surface area contributed by atoms with E-state index in [9.17, 15) is 0 Å². The monoisotopic (exact) mass is 746 g/mol. The van der Waals surface area contributed by atoms with Crippen LogP contribution in [0.1, 0.15) is 61.1 Å². The average Bonchev–Trinajstić information content (AvgIpc) is 3.88. The van der Waals surface area contributed by atoms with Gasteiger partial charge in [-0.3, -0.25) is 9.98 Å². The van der Waals surface area contributed by atoms with Crippen molar-refractivity contribution in [3.05, 3.63) is 191 Å². The molecule has 3 aliphatic rings. The fourth-order valence-corrected chi connectivity index (χ4v) is 11.2. The third-order valence-corrected chi connectivity index (χ3v) is 14.3. The molecule has 0 bridgehead atoms. The van der Waals surface area contributed by atoms with Crippen LogP contribution < -0.4 is 0 Å². The molecule has 2 heterocycles. The van der Waals surface area contributed by atoms with Crippen LogP contribution in [-0.4, -0.2) is 32.7 Å². The SMILES string of the molecule is CC1(C)CSC(c2cccc(-c3ccc4c(c3)C(c3ccccc3)(c3ccccc3)c3cc(-c5cccc(C6=NC(C)(C)CS6)c5)c5ccccc5c3-4)c2)=N1. The van der Waals surface area contributed by atoms with Crippen LogP contribution >= 0.6 is 23.5 Å². The molecule has 268 valence electrons. The quantitative estimate of drug-likeness (QED) is 0.169. The van der Waals surface area contributed by atoms with Crippen molar-refractivity contribution in [1.82, 2.24) is 0 Å². The molecule has 0 atom stereocenters.